The molecule has 0 aliphatic rings. The predicted octanol–water partition coefficient (Wildman–Crippen LogP) is 4.25. The molecule has 2 nitrogen and oxygen atoms in total. The summed E-state index contributed by atoms with van der Waals surface area (Å²) in [5.41, 5.74) is 2.55. The van der Waals surface area contributed by atoms with Crippen LogP contribution in [0.2, 0.25) is 0 Å². The summed E-state index contributed by atoms with van der Waals surface area (Å²) in [7, 11) is 3.40. The van der Waals surface area contributed by atoms with Crippen molar-refractivity contribution in [1.82, 2.24) is 0 Å². The molecule has 0 amide bonds. The second-order valence-electron chi connectivity index (χ2n) is 4.51. The Bertz CT molecular complexity index is 487. The minimum Gasteiger partial charge on any atom is -0.497 e. The van der Waals surface area contributed by atoms with E-state index in [4.69, 9.17) is 9.47 Å². The predicted molar refractivity (Wildman–Crippen MR) is 78.1 cm³/mol. The Morgan fingerprint density at radius 1 is 0.842 bits per heavy atom. The fraction of sp³-hybridized carbons (Fsp3) is 0.294. The summed E-state index contributed by atoms with van der Waals surface area (Å²) in [6, 6.07) is 16.5. The van der Waals surface area contributed by atoms with E-state index in [1.807, 2.05) is 24.3 Å². The standard InChI is InChI=1S/C17H20O2/c1-4-17(13-7-5-9-15(11-13)18-2)14-8-6-10-16(12-14)19-3/h5-12,17H,4H2,1-3H3. The normalized spacial score (nSPS) is 10.5. The second kappa shape index (κ2) is 6.28. The van der Waals surface area contributed by atoms with Gasteiger partial charge in [0.05, 0.1) is 14.2 Å². The lowest BCUT2D eigenvalue weighted by atomic mass is 9.89. The van der Waals surface area contributed by atoms with Gasteiger partial charge in [-0.15, -0.1) is 0 Å². The van der Waals surface area contributed by atoms with Gasteiger partial charge in [-0.3, -0.25) is 0 Å². The molecule has 0 aliphatic carbocycles. The van der Waals surface area contributed by atoms with Crippen LogP contribution in [0.25, 0.3) is 0 Å². The molecule has 0 aliphatic heterocycles. The maximum absolute atomic E-state index is 5.31. The SMILES string of the molecule is CCC(c1cccc(OC)c1)c1cccc(OC)c1. The summed E-state index contributed by atoms with van der Waals surface area (Å²) in [4.78, 5) is 0. The quantitative estimate of drug-likeness (QED) is 0.796. The minimum atomic E-state index is 0.366. The molecule has 0 aromatic heterocycles. The highest BCUT2D eigenvalue weighted by Gasteiger charge is 2.13. The average Bonchev–Trinajstić information content (AvgIpc) is 2.48. The van der Waals surface area contributed by atoms with Crippen molar-refractivity contribution in [1.29, 1.82) is 0 Å². The van der Waals surface area contributed by atoms with Crippen LogP contribution in [0.1, 0.15) is 30.4 Å². The molecule has 2 heteroatoms. The smallest absolute Gasteiger partial charge is 0.119 e. The summed E-state index contributed by atoms with van der Waals surface area (Å²) < 4.78 is 10.6. The van der Waals surface area contributed by atoms with Gasteiger partial charge < -0.3 is 9.47 Å². The van der Waals surface area contributed by atoms with Crippen LogP contribution < -0.4 is 9.47 Å². The van der Waals surface area contributed by atoms with Crippen LogP contribution in [0.5, 0.6) is 11.5 Å². The van der Waals surface area contributed by atoms with Crippen LogP contribution in [0.3, 0.4) is 0 Å². The fourth-order valence-corrected chi connectivity index (χ4v) is 2.38. The van der Waals surface area contributed by atoms with Gasteiger partial charge in [0.1, 0.15) is 11.5 Å². The highest BCUT2D eigenvalue weighted by molar-refractivity contribution is 5.39. The van der Waals surface area contributed by atoms with E-state index in [9.17, 15) is 0 Å². The number of ether oxygens (including phenoxy) is 2. The Kier molecular flexibility index (Phi) is 4.45. The minimum absolute atomic E-state index is 0.366. The molecule has 2 aromatic rings. The Balaban J connectivity index is 2.37. The zero-order valence-electron chi connectivity index (χ0n) is 11.7. The zero-order valence-corrected chi connectivity index (χ0v) is 11.7. The summed E-state index contributed by atoms with van der Waals surface area (Å²) >= 11 is 0. The molecule has 0 radical (unpaired) electrons. The maximum atomic E-state index is 5.31. The van der Waals surface area contributed by atoms with Gasteiger partial charge >= 0.3 is 0 Å². The molecule has 0 fully saturated rings. The van der Waals surface area contributed by atoms with Gasteiger partial charge in [0.25, 0.3) is 0 Å². The Labute approximate surface area is 115 Å². The third kappa shape index (κ3) is 3.08. The van der Waals surface area contributed by atoms with Crippen molar-refractivity contribution >= 4 is 0 Å². The molecule has 0 N–H and O–H groups in total. The Morgan fingerprint density at radius 3 is 1.68 bits per heavy atom. The molecule has 0 heterocycles. The lowest BCUT2D eigenvalue weighted by molar-refractivity contribution is 0.413. The highest BCUT2D eigenvalue weighted by atomic mass is 16.5. The lowest BCUT2D eigenvalue weighted by Crippen LogP contribution is -2.00. The lowest BCUT2D eigenvalue weighted by Gasteiger charge is -2.17. The van der Waals surface area contributed by atoms with Crippen LogP contribution in [-0.2, 0) is 0 Å². The molecule has 2 rings (SSSR count). The van der Waals surface area contributed by atoms with E-state index in [-0.39, 0.29) is 0 Å². The van der Waals surface area contributed by atoms with Crippen molar-refractivity contribution in [3.05, 3.63) is 59.7 Å². The van der Waals surface area contributed by atoms with E-state index in [2.05, 4.69) is 31.2 Å². The number of rotatable bonds is 5. The number of hydrogen-bond donors (Lipinski definition) is 0. The van der Waals surface area contributed by atoms with E-state index < -0.39 is 0 Å². The first-order valence-electron chi connectivity index (χ1n) is 6.56. The summed E-state index contributed by atoms with van der Waals surface area (Å²) in [6.45, 7) is 2.20. The molecule has 0 saturated heterocycles. The van der Waals surface area contributed by atoms with E-state index in [0.717, 1.165) is 17.9 Å². The van der Waals surface area contributed by atoms with Crippen LogP contribution in [-0.4, -0.2) is 14.2 Å². The number of hydrogen-bond acceptors (Lipinski definition) is 2. The first kappa shape index (κ1) is 13.5. The zero-order chi connectivity index (χ0) is 13.7. The van der Waals surface area contributed by atoms with E-state index >= 15 is 0 Å². The molecule has 2 aromatic carbocycles. The van der Waals surface area contributed by atoms with Gasteiger partial charge in [-0.25, -0.2) is 0 Å². The van der Waals surface area contributed by atoms with Crippen molar-refractivity contribution in [2.45, 2.75) is 19.3 Å². The van der Waals surface area contributed by atoms with Crippen molar-refractivity contribution in [2.75, 3.05) is 14.2 Å². The molecular formula is C17H20O2. The Morgan fingerprint density at radius 2 is 1.32 bits per heavy atom. The van der Waals surface area contributed by atoms with Crippen LogP contribution in [0, 0.1) is 0 Å². The van der Waals surface area contributed by atoms with Gasteiger partial charge in [-0.1, -0.05) is 31.2 Å². The van der Waals surface area contributed by atoms with Gasteiger partial charge in [0, 0.05) is 5.92 Å². The van der Waals surface area contributed by atoms with E-state index in [1.165, 1.54) is 11.1 Å². The second-order valence-corrected chi connectivity index (χ2v) is 4.51. The van der Waals surface area contributed by atoms with Crippen LogP contribution >= 0.6 is 0 Å². The largest absolute Gasteiger partial charge is 0.497 e. The Hall–Kier alpha value is -1.96. The summed E-state index contributed by atoms with van der Waals surface area (Å²) in [6.07, 6.45) is 1.04. The number of methoxy groups -OCH3 is 2. The fourth-order valence-electron chi connectivity index (χ4n) is 2.38. The van der Waals surface area contributed by atoms with Crippen LogP contribution in [0.4, 0.5) is 0 Å². The first-order chi connectivity index (χ1) is 9.28. The monoisotopic (exact) mass is 256 g/mol. The van der Waals surface area contributed by atoms with Crippen LogP contribution in [0.15, 0.2) is 48.5 Å². The van der Waals surface area contributed by atoms with Crippen molar-refractivity contribution in [3.8, 4) is 11.5 Å². The van der Waals surface area contributed by atoms with Gasteiger partial charge in [0.15, 0.2) is 0 Å². The van der Waals surface area contributed by atoms with Gasteiger partial charge in [-0.2, -0.15) is 0 Å². The molecule has 100 valence electrons. The molecule has 19 heavy (non-hydrogen) atoms. The molecular weight excluding hydrogens is 236 g/mol. The third-order valence-electron chi connectivity index (χ3n) is 3.40. The highest BCUT2D eigenvalue weighted by Crippen LogP contribution is 2.31. The summed E-state index contributed by atoms with van der Waals surface area (Å²) in [5.74, 6) is 2.17. The average molecular weight is 256 g/mol. The van der Waals surface area contributed by atoms with E-state index in [1.54, 1.807) is 14.2 Å². The molecule has 0 atom stereocenters. The van der Waals surface area contributed by atoms with Gasteiger partial charge in [-0.05, 0) is 41.8 Å². The summed E-state index contributed by atoms with van der Waals surface area (Å²) in [5, 5.41) is 0. The molecule has 0 spiro atoms. The third-order valence-corrected chi connectivity index (χ3v) is 3.40. The van der Waals surface area contributed by atoms with E-state index in [0.29, 0.717) is 5.92 Å². The maximum Gasteiger partial charge on any atom is 0.119 e. The van der Waals surface area contributed by atoms with Crippen molar-refractivity contribution in [3.63, 3.8) is 0 Å². The molecule has 0 bridgehead atoms. The van der Waals surface area contributed by atoms with Gasteiger partial charge in [0.2, 0.25) is 0 Å². The topological polar surface area (TPSA) is 18.5 Å². The first-order valence-corrected chi connectivity index (χ1v) is 6.56. The molecule has 0 saturated carbocycles. The van der Waals surface area contributed by atoms with Crippen molar-refractivity contribution in [2.24, 2.45) is 0 Å². The van der Waals surface area contributed by atoms with Crippen molar-refractivity contribution < 1.29 is 9.47 Å². The molecule has 0 unspecified atom stereocenters. The number of benzene rings is 2.